The predicted molar refractivity (Wildman–Crippen MR) is 161 cm³/mol. The van der Waals surface area contributed by atoms with Gasteiger partial charge >= 0.3 is 0 Å². The number of hydrogen-bond acceptors (Lipinski definition) is 5. The Kier molecular flexibility index (Phi) is 12.9. The lowest BCUT2D eigenvalue weighted by Gasteiger charge is -2.32. The van der Waals surface area contributed by atoms with Crippen LogP contribution in [0, 0.1) is 0 Å². The second-order valence-electron chi connectivity index (χ2n) is 8.92. The Bertz CT molecular complexity index is 545. The maximum absolute atomic E-state index is 2.78. The summed E-state index contributed by atoms with van der Waals surface area (Å²) in [6, 6.07) is 0. The minimum Gasteiger partial charge on any atom is -0.264 e. The second-order valence-corrected chi connectivity index (χ2v) is 21.2. The smallest absolute Gasteiger partial charge is 0.0875 e. The average Bonchev–Trinajstić information content (AvgIpc) is 2.86. The Morgan fingerprint density at radius 1 is 0.419 bits per heavy atom. The lowest BCUT2D eigenvalue weighted by atomic mass is 10.1. The molecule has 4 rings (SSSR count). The van der Waals surface area contributed by atoms with Gasteiger partial charge in [0.1, 0.15) is 0 Å². The quantitative estimate of drug-likeness (QED) is 0.192. The zero-order chi connectivity index (χ0) is 21.1. The molecule has 0 bridgehead atoms. The van der Waals surface area contributed by atoms with Crippen molar-refractivity contribution in [3.63, 3.8) is 0 Å². The predicted octanol–water partition coefficient (Wildman–Crippen LogP) is 8.36. The van der Waals surface area contributed by atoms with Gasteiger partial charge in [-0.2, -0.15) is 21.0 Å². The van der Waals surface area contributed by atoms with E-state index >= 15 is 0 Å². The molecule has 0 atom stereocenters. The molecule has 0 aromatic carbocycles. The summed E-state index contributed by atoms with van der Waals surface area (Å²) in [4.78, 5) is 5.56. The Morgan fingerprint density at radius 3 is 1.16 bits per heavy atom. The minimum atomic E-state index is 0.541. The molecule has 0 radical (unpaired) electrons. The van der Waals surface area contributed by atoms with Gasteiger partial charge in [0.05, 0.1) is 8.64 Å². The van der Waals surface area contributed by atoms with Crippen molar-refractivity contribution >= 4 is 80.7 Å². The highest BCUT2D eigenvalue weighted by Crippen LogP contribution is 2.52. The number of rotatable bonds is 4. The summed E-state index contributed by atoms with van der Waals surface area (Å²) in [5.41, 5.74) is 0. The molecule has 0 N–H and O–H groups in total. The van der Waals surface area contributed by atoms with Crippen molar-refractivity contribution in [1.82, 2.24) is 9.80 Å². The molecule has 2 nitrogen and oxygen atoms in total. The summed E-state index contributed by atoms with van der Waals surface area (Å²) in [6.07, 6.45) is 17.3. The summed E-state index contributed by atoms with van der Waals surface area (Å²) < 4.78 is 3.52. The highest BCUT2D eigenvalue weighted by atomic mass is 33.8. The number of piperidine rings is 2. The lowest BCUT2D eigenvalue weighted by Crippen LogP contribution is -2.34. The third kappa shape index (κ3) is 8.62. The highest BCUT2D eigenvalue weighted by Gasteiger charge is 2.22. The van der Waals surface area contributed by atoms with Crippen molar-refractivity contribution in [2.45, 2.75) is 77.0 Å². The van der Waals surface area contributed by atoms with E-state index in [9.17, 15) is 0 Å². The van der Waals surface area contributed by atoms with Gasteiger partial charge in [-0.05, 0) is 125 Å². The van der Waals surface area contributed by atoms with Crippen molar-refractivity contribution in [3.05, 3.63) is 0 Å². The summed E-state index contributed by atoms with van der Waals surface area (Å²) >= 11 is 0. The van der Waals surface area contributed by atoms with Crippen LogP contribution in [0.3, 0.4) is 0 Å². The number of hydrogen-bond donors (Lipinski definition) is 0. The van der Waals surface area contributed by atoms with Gasteiger partial charge in [0.2, 0.25) is 0 Å². The lowest BCUT2D eigenvalue weighted by molar-refractivity contribution is 0.352. The molecule has 0 aliphatic carbocycles. The molecule has 4 heterocycles. The molecule has 180 valence electrons. The molecule has 9 heteroatoms. The normalized spacial score (nSPS) is 25.5. The van der Waals surface area contributed by atoms with Crippen LogP contribution in [0.1, 0.15) is 77.0 Å². The fourth-order valence-corrected chi connectivity index (χ4v) is 21.9. The molecule has 0 amide bonds. The largest absolute Gasteiger partial charge is 0.264 e. The van der Waals surface area contributed by atoms with Gasteiger partial charge in [0.15, 0.2) is 0 Å². The van der Waals surface area contributed by atoms with Crippen LogP contribution < -0.4 is 0 Å². The van der Waals surface area contributed by atoms with Gasteiger partial charge in [-0.3, -0.25) is 9.80 Å². The first kappa shape index (κ1) is 26.2. The van der Waals surface area contributed by atoms with E-state index in [1.165, 1.54) is 126 Å². The van der Waals surface area contributed by atoms with Crippen LogP contribution in [0.4, 0.5) is 0 Å². The first-order valence-corrected chi connectivity index (χ1v) is 21.6. The summed E-state index contributed by atoms with van der Waals surface area (Å²) in [7, 11) is 11.5. The van der Waals surface area contributed by atoms with Crippen LogP contribution in [-0.2, 0) is 0 Å². The third-order valence-electron chi connectivity index (χ3n) is 6.55. The molecular formula is C22H40N2S7. The average molecular weight is 557 g/mol. The van der Waals surface area contributed by atoms with E-state index in [-0.39, 0.29) is 0 Å². The highest BCUT2D eigenvalue weighted by molar-refractivity contribution is 9.37. The first-order valence-electron chi connectivity index (χ1n) is 12.3. The molecule has 0 unspecified atom stereocenters. The standard InChI is InChI=1S/C22H40N2S7/c1-5-13-23(14-6-1)21(30-17-9-3-10-18-30)25-27-29-28-26-22(24-15-7-2-8-16-24)31-19-11-4-12-20-31/h1-20H2. The van der Waals surface area contributed by atoms with Crippen LogP contribution in [0.5, 0.6) is 0 Å². The Labute approximate surface area is 215 Å². The summed E-state index contributed by atoms with van der Waals surface area (Å²) in [6.45, 7) is 5.26. The summed E-state index contributed by atoms with van der Waals surface area (Å²) in [5.74, 6) is 5.84. The summed E-state index contributed by atoms with van der Waals surface area (Å²) in [5, 5.41) is 0. The van der Waals surface area contributed by atoms with Crippen LogP contribution in [0.25, 0.3) is 0 Å². The number of likely N-dealkylation sites (tertiary alicyclic amines) is 2. The van der Waals surface area contributed by atoms with Crippen LogP contribution in [0.2, 0.25) is 0 Å². The Morgan fingerprint density at radius 2 is 0.774 bits per heavy atom. The SMILES string of the molecule is C1CCN(C(SSSSSC(N2CCCCC2)=S2CCCCC2)=S2CCCCC2)CC1. The Hall–Kier alpha value is 2.11. The van der Waals surface area contributed by atoms with E-state index in [1.54, 1.807) is 8.64 Å². The van der Waals surface area contributed by atoms with E-state index in [2.05, 4.69) is 51.0 Å². The minimum absolute atomic E-state index is 0.541. The van der Waals surface area contributed by atoms with Crippen molar-refractivity contribution in [2.24, 2.45) is 0 Å². The van der Waals surface area contributed by atoms with Crippen molar-refractivity contribution in [3.8, 4) is 0 Å². The molecule has 4 saturated heterocycles. The topological polar surface area (TPSA) is 6.48 Å². The molecule has 0 saturated carbocycles. The number of nitrogens with zero attached hydrogens (tertiary/aromatic N) is 2. The molecule has 31 heavy (non-hydrogen) atoms. The fraction of sp³-hybridized carbons (Fsp3) is 0.909. The van der Waals surface area contributed by atoms with E-state index in [4.69, 9.17) is 0 Å². The van der Waals surface area contributed by atoms with E-state index in [0.29, 0.717) is 21.0 Å². The van der Waals surface area contributed by atoms with Crippen LogP contribution >= 0.6 is 72.0 Å². The third-order valence-corrected chi connectivity index (χ3v) is 21.7. The zero-order valence-electron chi connectivity index (χ0n) is 18.9. The molecule has 4 aliphatic heterocycles. The van der Waals surface area contributed by atoms with Crippen molar-refractivity contribution < 1.29 is 0 Å². The van der Waals surface area contributed by atoms with Crippen molar-refractivity contribution in [2.75, 3.05) is 49.2 Å². The maximum atomic E-state index is 2.78. The second kappa shape index (κ2) is 15.3. The monoisotopic (exact) mass is 556 g/mol. The first-order chi connectivity index (χ1) is 15.4. The van der Waals surface area contributed by atoms with Gasteiger partial charge < -0.3 is 0 Å². The fourth-order valence-electron chi connectivity index (χ4n) is 4.83. The van der Waals surface area contributed by atoms with Gasteiger partial charge in [-0.1, -0.05) is 25.7 Å². The molecule has 0 aromatic rings. The van der Waals surface area contributed by atoms with Crippen LogP contribution in [-0.4, -0.2) is 67.6 Å². The van der Waals surface area contributed by atoms with E-state index in [0.717, 1.165) is 0 Å². The van der Waals surface area contributed by atoms with Gasteiger partial charge in [-0.15, -0.1) is 0 Å². The van der Waals surface area contributed by atoms with E-state index in [1.807, 2.05) is 9.83 Å². The molecular weight excluding hydrogens is 517 g/mol. The molecule has 4 fully saturated rings. The molecule has 0 aromatic heterocycles. The van der Waals surface area contributed by atoms with Crippen molar-refractivity contribution in [1.29, 1.82) is 0 Å². The van der Waals surface area contributed by atoms with Gasteiger partial charge in [-0.25, -0.2) is 0 Å². The van der Waals surface area contributed by atoms with E-state index < -0.39 is 0 Å². The van der Waals surface area contributed by atoms with Gasteiger partial charge in [0.25, 0.3) is 0 Å². The molecule has 0 spiro atoms. The zero-order valence-corrected chi connectivity index (χ0v) is 24.6. The molecule has 4 aliphatic rings. The van der Waals surface area contributed by atoms with Crippen LogP contribution in [0.15, 0.2) is 0 Å². The Balaban J connectivity index is 1.30. The maximum Gasteiger partial charge on any atom is 0.0875 e. The van der Waals surface area contributed by atoms with Gasteiger partial charge in [0, 0.05) is 26.2 Å².